The van der Waals surface area contributed by atoms with E-state index in [4.69, 9.17) is 17.5 Å². The molecule has 8 nitrogen and oxygen atoms in total. The molecular formula is C20H30N4O4S. The van der Waals surface area contributed by atoms with Crippen LogP contribution < -0.4 is 10.6 Å². The van der Waals surface area contributed by atoms with Crippen LogP contribution in [-0.4, -0.2) is 40.6 Å². The Hall–Kier alpha value is -1.91. The van der Waals surface area contributed by atoms with Gasteiger partial charge in [0.05, 0.1) is 0 Å². The van der Waals surface area contributed by atoms with E-state index in [2.05, 4.69) is 32.7 Å². The van der Waals surface area contributed by atoms with Crippen LogP contribution in [0.2, 0.25) is 0 Å². The zero-order valence-corrected chi connectivity index (χ0v) is 17.3. The Morgan fingerprint density at radius 2 is 1.21 bits per heavy atom. The second kappa shape index (κ2) is 12.6. The van der Waals surface area contributed by atoms with E-state index in [0.29, 0.717) is 12.1 Å². The van der Waals surface area contributed by atoms with E-state index >= 15 is 0 Å². The van der Waals surface area contributed by atoms with Gasteiger partial charge in [0.1, 0.15) is 0 Å². The zero-order valence-electron chi connectivity index (χ0n) is 16.4. The molecule has 4 N–H and O–H groups in total. The second-order valence-electron chi connectivity index (χ2n) is 7.03. The van der Waals surface area contributed by atoms with Crippen molar-refractivity contribution >= 4 is 10.4 Å². The van der Waals surface area contributed by atoms with Crippen LogP contribution in [-0.2, 0) is 10.4 Å². The van der Waals surface area contributed by atoms with Gasteiger partial charge in [0, 0.05) is 36.9 Å². The van der Waals surface area contributed by atoms with Crippen molar-refractivity contribution in [2.75, 3.05) is 13.1 Å². The van der Waals surface area contributed by atoms with Gasteiger partial charge in [-0.3, -0.25) is 19.1 Å². The molecule has 0 radical (unpaired) electrons. The molecular weight excluding hydrogens is 392 g/mol. The van der Waals surface area contributed by atoms with Crippen molar-refractivity contribution in [2.45, 2.75) is 50.6 Å². The molecule has 0 unspecified atom stereocenters. The largest absolute Gasteiger partial charge is 0.394 e. The average molecular weight is 423 g/mol. The topological polar surface area (TPSA) is 124 Å². The third-order valence-electron chi connectivity index (χ3n) is 4.79. The summed E-state index contributed by atoms with van der Waals surface area (Å²) in [4.78, 5) is 8.24. The van der Waals surface area contributed by atoms with E-state index in [-0.39, 0.29) is 0 Å². The monoisotopic (exact) mass is 422 g/mol. The maximum Gasteiger partial charge on any atom is 0.394 e. The summed E-state index contributed by atoms with van der Waals surface area (Å²) in [5, 5.41) is 6.99. The standard InChI is InChI=1S/2C10H14N2.H2O4S/c2*1-2-7-12-10(5-1)9-4-3-6-11-8-9;1-5(2,3)4/h2*3-4,6,8,10,12H,1-2,5,7H2;(H2,1,2,3,4)/t2*10-;/m00./s1. The Bertz CT molecular complexity index is 717. The van der Waals surface area contributed by atoms with E-state index in [1.807, 2.05) is 36.9 Å². The fourth-order valence-electron chi connectivity index (χ4n) is 3.44. The highest BCUT2D eigenvalue weighted by Crippen LogP contribution is 2.22. The molecule has 160 valence electrons. The molecule has 0 spiro atoms. The highest BCUT2D eigenvalue weighted by molar-refractivity contribution is 7.79. The molecule has 2 fully saturated rings. The van der Waals surface area contributed by atoms with E-state index in [0.717, 1.165) is 13.1 Å². The lowest BCUT2D eigenvalue weighted by atomic mass is 9.99. The summed E-state index contributed by atoms with van der Waals surface area (Å²) < 4.78 is 31.6. The number of piperidine rings is 2. The third kappa shape index (κ3) is 10.4. The molecule has 2 saturated heterocycles. The van der Waals surface area contributed by atoms with E-state index in [1.165, 1.54) is 49.7 Å². The second-order valence-corrected chi connectivity index (χ2v) is 7.92. The lowest BCUT2D eigenvalue weighted by Gasteiger charge is -2.23. The molecule has 2 aliphatic rings. The number of hydrogen-bond donors (Lipinski definition) is 4. The van der Waals surface area contributed by atoms with Crippen molar-refractivity contribution in [2.24, 2.45) is 0 Å². The van der Waals surface area contributed by atoms with Gasteiger partial charge in [0.25, 0.3) is 0 Å². The SMILES string of the molecule is O=S(=O)(O)O.c1cncc([C@@H]2CCCCN2)c1.c1cncc([C@@H]2CCCCN2)c1. The van der Waals surface area contributed by atoms with Crippen molar-refractivity contribution in [1.29, 1.82) is 0 Å². The first kappa shape index (κ1) is 23.4. The molecule has 9 heteroatoms. The molecule has 2 atom stereocenters. The Balaban J connectivity index is 0.000000170. The number of aromatic nitrogens is 2. The van der Waals surface area contributed by atoms with Crippen LogP contribution >= 0.6 is 0 Å². The summed E-state index contributed by atoms with van der Waals surface area (Å²) >= 11 is 0. The van der Waals surface area contributed by atoms with Crippen molar-refractivity contribution in [3.8, 4) is 0 Å². The quantitative estimate of drug-likeness (QED) is 0.544. The molecule has 0 amide bonds. The van der Waals surface area contributed by atoms with E-state index < -0.39 is 10.4 Å². The van der Waals surface area contributed by atoms with E-state index in [9.17, 15) is 0 Å². The predicted molar refractivity (Wildman–Crippen MR) is 112 cm³/mol. The highest BCUT2D eigenvalue weighted by Gasteiger charge is 2.14. The Labute approximate surface area is 172 Å². The fraction of sp³-hybridized carbons (Fsp3) is 0.500. The summed E-state index contributed by atoms with van der Waals surface area (Å²) in [6.07, 6.45) is 15.4. The average Bonchev–Trinajstić information content (AvgIpc) is 2.76. The van der Waals surface area contributed by atoms with E-state index in [1.54, 1.807) is 0 Å². The van der Waals surface area contributed by atoms with Gasteiger partial charge in [0.15, 0.2) is 0 Å². The number of hydrogen-bond acceptors (Lipinski definition) is 6. The molecule has 29 heavy (non-hydrogen) atoms. The minimum absolute atomic E-state index is 0.549. The third-order valence-corrected chi connectivity index (χ3v) is 4.79. The van der Waals surface area contributed by atoms with Gasteiger partial charge in [0.2, 0.25) is 0 Å². The minimum Gasteiger partial charge on any atom is -0.310 e. The van der Waals surface area contributed by atoms with Gasteiger partial charge >= 0.3 is 10.4 Å². The molecule has 0 bridgehead atoms. The molecule has 2 aromatic rings. The van der Waals surface area contributed by atoms with Gasteiger partial charge < -0.3 is 10.6 Å². The highest BCUT2D eigenvalue weighted by atomic mass is 32.3. The van der Waals surface area contributed by atoms with Crippen LogP contribution in [0, 0.1) is 0 Å². The van der Waals surface area contributed by atoms with Gasteiger partial charge in [-0.1, -0.05) is 25.0 Å². The summed E-state index contributed by atoms with van der Waals surface area (Å²) in [7, 11) is -4.67. The Morgan fingerprint density at radius 3 is 1.48 bits per heavy atom. The van der Waals surface area contributed by atoms with Crippen molar-refractivity contribution < 1.29 is 17.5 Å². The molecule has 2 aliphatic heterocycles. The molecule has 0 aromatic carbocycles. The number of pyridine rings is 2. The van der Waals surface area contributed by atoms with Gasteiger partial charge in [-0.25, -0.2) is 0 Å². The first-order chi connectivity index (χ1) is 13.9. The molecule has 0 saturated carbocycles. The van der Waals surface area contributed by atoms with Crippen LogP contribution in [0.15, 0.2) is 49.1 Å². The Kier molecular flexibility index (Phi) is 10.2. The lowest BCUT2D eigenvalue weighted by Crippen LogP contribution is -2.26. The van der Waals surface area contributed by atoms with Crippen LogP contribution in [0.1, 0.15) is 61.7 Å². The maximum absolute atomic E-state index is 8.74. The predicted octanol–water partition coefficient (Wildman–Crippen LogP) is 3.14. The molecule has 4 rings (SSSR count). The van der Waals surface area contributed by atoms with Gasteiger partial charge in [-0.2, -0.15) is 8.42 Å². The summed E-state index contributed by atoms with van der Waals surface area (Å²) in [6.45, 7) is 2.30. The molecule has 2 aromatic heterocycles. The maximum atomic E-state index is 8.74. The van der Waals surface area contributed by atoms with Crippen molar-refractivity contribution in [3.05, 3.63) is 60.2 Å². The lowest BCUT2D eigenvalue weighted by molar-refractivity contribution is 0.381. The van der Waals surface area contributed by atoms with Crippen LogP contribution in [0.25, 0.3) is 0 Å². The number of nitrogens with zero attached hydrogens (tertiary/aromatic N) is 2. The smallest absolute Gasteiger partial charge is 0.310 e. The summed E-state index contributed by atoms with van der Waals surface area (Å²) in [5.74, 6) is 0. The fourth-order valence-corrected chi connectivity index (χ4v) is 3.44. The summed E-state index contributed by atoms with van der Waals surface area (Å²) in [6, 6.07) is 9.41. The van der Waals surface area contributed by atoms with Crippen LogP contribution in [0.3, 0.4) is 0 Å². The normalized spacial score (nSPS) is 21.7. The number of nitrogens with one attached hydrogen (secondary N) is 2. The molecule has 4 heterocycles. The first-order valence-electron chi connectivity index (χ1n) is 9.90. The first-order valence-corrected chi connectivity index (χ1v) is 11.3. The number of rotatable bonds is 2. The zero-order chi connectivity index (χ0) is 21.0. The van der Waals surface area contributed by atoms with Gasteiger partial charge in [-0.05, 0) is 62.0 Å². The van der Waals surface area contributed by atoms with Gasteiger partial charge in [-0.15, -0.1) is 0 Å². The minimum atomic E-state index is -4.67. The van der Waals surface area contributed by atoms with Crippen LogP contribution in [0.5, 0.6) is 0 Å². The van der Waals surface area contributed by atoms with Crippen molar-refractivity contribution in [1.82, 2.24) is 20.6 Å². The summed E-state index contributed by atoms with van der Waals surface area (Å²) in [5.41, 5.74) is 2.66. The molecule has 0 aliphatic carbocycles. The van der Waals surface area contributed by atoms with Crippen molar-refractivity contribution in [3.63, 3.8) is 0 Å². The Morgan fingerprint density at radius 1 is 0.793 bits per heavy atom. The van der Waals surface area contributed by atoms with Crippen LogP contribution in [0.4, 0.5) is 0 Å².